The molecule has 104 valence electrons. The van der Waals surface area contributed by atoms with Crippen LogP contribution >= 0.6 is 0 Å². The Morgan fingerprint density at radius 2 is 1.63 bits per heavy atom. The molecule has 0 radical (unpaired) electrons. The predicted octanol–water partition coefficient (Wildman–Crippen LogP) is 6.17. The summed E-state index contributed by atoms with van der Waals surface area (Å²) in [6.45, 7) is 14.5. The molecule has 0 spiro atoms. The standard InChI is InChI=1S/C19H28/c1-7-12-16-19(11-5,15-10-4)18(14-9-3)17(6)13-8-2/h8-16H,5,7H2,1-4,6H3. The van der Waals surface area contributed by atoms with E-state index in [9.17, 15) is 0 Å². The summed E-state index contributed by atoms with van der Waals surface area (Å²) in [6.07, 6.45) is 20.3. The molecule has 0 nitrogen and oxygen atoms in total. The Labute approximate surface area is 119 Å². The van der Waals surface area contributed by atoms with E-state index in [0.717, 1.165) is 6.42 Å². The van der Waals surface area contributed by atoms with E-state index < -0.39 is 0 Å². The maximum absolute atomic E-state index is 4.06. The second kappa shape index (κ2) is 9.38. The highest BCUT2D eigenvalue weighted by atomic mass is 14.3. The summed E-state index contributed by atoms with van der Waals surface area (Å²) in [5, 5.41) is 0. The molecule has 0 N–H and O–H groups in total. The summed E-state index contributed by atoms with van der Waals surface area (Å²) in [7, 11) is 0. The molecule has 0 amide bonds. The van der Waals surface area contributed by atoms with Crippen LogP contribution in [-0.4, -0.2) is 0 Å². The lowest BCUT2D eigenvalue weighted by Crippen LogP contribution is -2.15. The molecule has 0 fully saturated rings. The van der Waals surface area contributed by atoms with Gasteiger partial charge >= 0.3 is 0 Å². The van der Waals surface area contributed by atoms with Gasteiger partial charge in [0.05, 0.1) is 0 Å². The quantitative estimate of drug-likeness (QED) is 0.377. The summed E-state index contributed by atoms with van der Waals surface area (Å²) < 4.78 is 0. The fourth-order valence-electron chi connectivity index (χ4n) is 2.19. The Balaban J connectivity index is 6.10. The number of hydrogen-bond donors (Lipinski definition) is 0. The smallest absolute Gasteiger partial charge is 0.0493 e. The van der Waals surface area contributed by atoms with Crippen molar-refractivity contribution in [1.29, 1.82) is 0 Å². The summed E-state index contributed by atoms with van der Waals surface area (Å²) >= 11 is 0. The molecule has 0 saturated heterocycles. The highest BCUT2D eigenvalue weighted by Crippen LogP contribution is 2.36. The molecule has 0 rings (SSSR count). The van der Waals surface area contributed by atoms with E-state index >= 15 is 0 Å². The lowest BCUT2D eigenvalue weighted by Gasteiger charge is -2.27. The molecule has 0 aliphatic rings. The third-order valence-electron chi connectivity index (χ3n) is 3.05. The molecular weight excluding hydrogens is 228 g/mol. The van der Waals surface area contributed by atoms with Crippen molar-refractivity contribution >= 4 is 0 Å². The first kappa shape index (κ1) is 17.4. The minimum absolute atomic E-state index is 0.221. The Hall–Kier alpha value is -1.56. The normalized spacial score (nSPS) is 17.5. The molecule has 0 aromatic carbocycles. The van der Waals surface area contributed by atoms with Crippen LogP contribution < -0.4 is 0 Å². The van der Waals surface area contributed by atoms with Crippen LogP contribution in [-0.2, 0) is 0 Å². The van der Waals surface area contributed by atoms with E-state index in [1.54, 1.807) is 0 Å². The van der Waals surface area contributed by atoms with Crippen molar-refractivity contribution in [2.75, 3.05) is 0 Å². The van der Waals surface area contributed by atoms with E-state index in [2.05, 4.69) is 82.9 Å². The van der Waals surface area contributed by atoms with Gasteiger partial charge in [0, 0.05) is 5.41 Å². The minimum Gasteiger partial charge on any atom is -0.102 e. The number of allylic oxidation sites excluding steroid dienone is 11. The molecular formula is C19H28. The first-order chi connectivity index (χ1) is 9.11. The molecule has 0 aliphatic carbocycles. The second-order valence-electron chi connectivity index (χ2n) is 4.54. The van der Waals surface area contributed by atoms with Crippen LogP contribution in [0.2, 0.25) is 0 Å². The zero-order valence-corrected chi connectivity index (χ0v) is 13.1. The zero-order valence-electron chi connectivity index (χ0n) is 13.1. The molecule has 1 unspecified atom stereocenters. The molecule has 0 aromatic rings. The van der Waals surface area contributed by atoms with E-state index in [-0.39, 0.29) is 5.41 Å². The number of hydrogen-bond acceptors (Lipinski definition) is 0. The molecule has 0 heterocycles. The Bertz CT molecular complexity index is 413. The van der Waals surface area contributed by atoms with Crippen LogP contribution in [0.15, 0.2) is 72.4 Å². The van der Waals surface area contributed by atoms with Crippen molar-refractivity contribution in [3.05, 3.63) is 72.4 Å². The first-order valence-electron chi connectivity index (χ1n) is 7.03. The molecule has 0 bridgehead atoms. The monoisotopic (exact) mass is 256 g/mol. The van der Waals surface area contributed by atoms with Crippen LogP contribution in [0.4, 0.5) is 0 Å². The van der Waals surface area contributed by atoms with Crippen molar-refractivity contribution < 1.29 is 0 Å². The van der Waals surface area contributed by atoms with Crippen LogP contribution in [0.3, 0.4) is 0 Å². The van der Waals surface area contributed by atoms with Crippen LogP contribution in [0, 0.1) is 5.41 Å². The van der Waals surface area contributed by atoms with Gasteiger partial charge in [-0.15, -0.1) is 6.58 Å². The summed E-state index contributed by atoms with van der Waals surface area (Å²) in [6, 6.07) is 0. The molecule has 19 heavy (non-hydrogen) atoms. The maximum atomic E-state index is 4.06. The topological polar surface area (TPSA) is 0 Å². The lowest BCUT2D eigenvalue weighted by atomic mass is 9.76. The Morgan fingerprint density at radius 3 is 2.05 bits per heavy atom. The van der Waals surface area contributed by atoms with Gasteiger partial charge in [-0.05, 0) is 45.3 Å². The van der Waals surface area contributed by atoms with Gasteiger partial charge in [-0.3, -0.25) is 0 Å². The van der Waals surface area contributed by atoms with Crippen LogP contribution in [0.1, 0.15) is 41.0 Å². The molecule has 1 atom stereocenters. The molecule has 0 aliphatic heterocycles. The van der Waals surface area contributed by atoms with Gasteiger partial charge in [-0.1, -0.05) is 61.6 Å². The first-order valence-corrected chi connectivity index (χ1v) is 7.03. The van der Waals surface area contributed by atoms with Gasteiger partial charge < -0.3 is 0 Å². The van der Waals surface area contributed by atoms with Crippen molar-refractivity contribution in [3.63, 3.8) is 0 Å². The predicted molar refractivity (Wildman–Crippen MR) is 89.2 cm³/mol. The van der Waals surface area contributed by atoms with Crippen molar-refractivity contribution in [1.82, 2.24) is 0 Å². The third-order valence-corrected chi connectivity index (χ3v) is 3.05. The molecule has 0 aromatic heterocycles. The minimum atomic E-state index is -0.221. The molecule has 0 saturated carbocycles. The lowest BCUT2D eigenvalue weighted by molar-refractivity contribution is 0.764. The van der Waals surface area contributed by atoms with Gasteiger partial charge in [0.1, 0.15) is 0 Å². The van der Waals surface area contributed by atoms with Crippen LogP contribution in [0.25, 0.3) is 0 Å². The Kier molecular flexibility index (Phi) is 8.61. The largest absolute Gasteiger partial charge is 0.102 e. The van der Waals surface area contributed by atoms with Gasteiger partial charge in [0.15, 0.2) is 0 Å². The van der Waals surface area contributed by atoms with E-state index in [0.29, 0.717) is 0 Å². The Morgan fingerprint density at radius 1 is 1.00 bits per heavy atom. The highest BCUT2D eigenvalue weighted by Gasteiger charge is 2.24. The fourth-order valence-corrected chi connectivity index (χ4v) is 2.19. The molecule has 0 heteroatoms. The van der Waals surface area contributed by atoms with Crippen molar-refractivity contribution in [2.45, 2.75) is 41.0 Å². The van der Waals surface area contributed by atoms with E-state index in [1.807, 2.05) is 13.0 Å². The summed E-state index contributed by atoms with van der Waals surface area (Å²) in [4.78, 5) is 0. The van der Waals surface area contributed by atoms with Gasteiger partial charge in [0.2, 0.25) is 0 Å². The third kappa shape index (κ3) is 4.90. The summed E-state index contributed by atoms with van der Waals surface area (Å²) in [5.41, 5.74) is 2.31. The van der Waals surface area contributed by atoms with E-state index in [1.165, 1.54) is 11.1 Å². The zero-order chi connectivity index (χ0) is 14.7. The number of rotatable bonds is 7. The average Bonchev–Trinajstić information content (AvgIpc) is 2.41. The fraction of sp³-hybridized carbons (Fsp3) is 0.368. The second-order valence-corrected chi connectivity index (χ2v) is 4.54. The average molecular weight is 256 g/mol. The van der Waals surface area contributed by atoms with E-state index in [4.69, 9.17) is 0 Å². The van der Waals surface area contributed by atoms with Crippen molar-refractivity contribution in [3.8, 4) is 0 Å². The van der Waals surface area contributed by atoms with Gasteiger partial charge in [-0.2, -0.15) is 0 Å². The van der Waals surface area contributed by atoms with Gasteiger partial charge in [0.25, 0.3) is 0 Å². The summed E-state index contributed by atoms with van der Waals surface area (Å²) in [5.74, 6) is 0. The SMILES string of the molecule is C=CC(C=CC)(C=CCC)C(C=CC)=C(C)C=CC. The maximum Gasteiger partial charge on any atom is 0.0493 e. The van der Waals surface area contributed by atoms with Crippen molar-refractivity contribution in [2.24, 2.45) is 5.41 Å². The van der Waals surface area contributed by atoms with Gasteiger partial charge in [-0.25, -0.2) is 0 Å². The van der Waals surface area contributed by atoms with Crippen LogP contribution in [0.5, 0.6) is 0 Å². The highest BCUT2D eigenvalue weighted by molar-refractivity contribution is 5.47.